The second-order valence-electron chi connectivity index (χ2n) is 4.44. The van der Waals surface area contributed by atoms with Gasteiger partial charge in [-0.05, 0) is 25.5 Å². The van der Waals surface area contributed by atoms with Crippen LogP contribution in [0.2, 0.25) is 0 Å². The van der Waals surface area contributed by atoms with Crippen LogP contribution in [-0.2, 0) is 10.2 Å². The van der Waals surface area contributed by atoms with Crippen molar-refractivity contribution in [2.75, 3.05) is 0 Å². The van der Waals surface area contributed by atoms with Crippen LogP contribution in [0.15, 0.2) is 30.7 Å². The predicted octanol–water partition coefficient (Wildman–Crippen LogP) is 1.77. The van der Waals surface area contributed by atoms with Gasteiger partial charge in [-0.3, -0.25) is 4.79 Å². The van der Waals surface area contributed by atoms with Gasteiger partial charge in [0.15, 0.2) is 11.6 Å². The molecule has 2 aromatic rings. The lowest BCUT2D eigenvalue weighted by atomic mass is 9.86. The van der Waals surface area contributed by atoms with Crippen LogP contribution in [0.4, 0.5) is 4.39 Å². The molecule has 6 heteroatoms. The molecule has 5 nitrogen and oxygen atoms in total. The first kappa shape index (κ1) is 12.2. The highest BCUT2D eigenvalue weighted by Gasteiger charge is 2.29. The van der Waals surface area contributed by atoms with Gasteiger partial charge in [-0.1, -0.05) is 6.07 Å². The van der Waals surface area contributed by atoms with Crippen molar-refractivity contribution in [3.05, 3.63) is 42.1 Å². The molecule has 0 aromatic carbocycles. The Hall–Kier alpha value is -2.24. The van der Waals surface area contributed by atoms with Crippen molar-refractivity contribution in [2.45, 2.75) is 19.3 Å². The standard InChI is InChI=1S/C12H12FN3O2/c1-12(2,11(17)18)8-3-4-10(14-5-8)16-7-9(13)6-15-16/h3-7H,1-2H3,(H,17,18). The summed E-state index contributed by atoms with van der Waals surface area (Å²) in [4.78, 5) is 15.2. The highest BCUT2D eigenvalue weighted by molar-refractivity contribution is 5.80. The van der Waals surface area contributed by atoms with E-state index < -0.39 is 17.2 Å². The highest BCUT2D eigenvalue weighted by Crippen LogP contribution is 2.23. The van der Waals surface area contributed by atoms with Gasteiger partial charge in [0.25, 0.3) is 0 Å². The summed E-state index contributed by atoms with van der Waals surface area (Å²) in [5.74, 6) is -0.947. The van der Waals surface area contributed by atoms with Crippen molar-refractivity contribution in [2.24, 2.45) is 0 Å². The molecule has 2 heterocycles. The van der Waals surface area contributed by atoms with Gasteiger partial charge in [0.05, 0.1) is 17.8 Å². The summed E-state index contributed by atoms with van der Waals surface area (Å²) >= 11 is 0. The minimum atomic E-state index is -1.01. The van der Waals surface area contributed by atoms with Gasteiger partial charge in [-0.25, -0.2) is 14.1 Å². The number of aromatic nitrogens is 3. The smallest absolute Gasteiger partial charge is 0.313 e. The second-order valence-corrected chi connectivity index (χ2v) is 4.44. The van der Waals surface area contributed by atoms with E-state index in [-0.39, 0.29) is 0 Å². The average molecular weight is 249 g/mol. The number of pyridine rings is 1. The third-order valence-electron chi connectivity index (χ3n) is 2.79. The van der Waals surface area contributed by atoms with E-state index >= 15 is 0 Å². The van der Waals surface area contributed by atoms with Gasteiger partial charge < -0.3 is 5.11 Å². The molecule has 18 heavy (non-hydrogen) atoms. The van der Waals surface area contributed by atoms with Gasteiger partial charge >= 0.3 is 5.97 Å². The average Bonchev–Trinajstić information content (AvgIpc) is 2.76. The molecule has 0 aliphatic heterocycles. The molecule has 0 atom stereocenters. The van der Waals surface area contributed by atoms with Crippen molar-refractivity contribution < 1.29 is 14.3 Å². The molecule has 1 N–H and O–H groups in total. The Morgan fingerprint density at radius 3 is 2.56 bits per heavy atom. The summed E-state index contributed by atoms with van der Waals surface area (Å²) in [6, 6.07) is 3.25. The molecule has 0 saturated carbocycles. The largest absolute Gasteiger partial charge is 0.481 e. The van der Waals surface area contributed by atoms with Crippen LogP contribution >= 0.6 is 0 Å². The van der Waals surface area contributed by atoms with Gasteiger partial charge in [0.2, 0.25) is 0 Å². The van der Waals surface area contributed by atoms with Crippen molar-refractivity contribution in [1.29, 1.82) is 0 Å². The van der Waals surface area contributed by atoms with Crippen LogP contribution in [-0.4, -0.2) is 25.8 Å². The number of carboxylic acid groups (broad SMARTS) is 1. The number of aliphatic carboxylic acids is 1. The number of carbonyl (C=O) groups is 1. The summed E-state index contributed by atoms with van der Waals surface area (Å²) in [5, 5.41) is 12.9. The molecular weight excluding hydrogens is 237 g/mol. The normalized spacial score (nSPS) is 11.5. The summed E-state index contributed by atoms with van der Waals surface area (Å²) in [6.07, 6.45) is 3.74. The molecule has 0 amide bonds. The van der Waals surface area contributed by atoms with Gasteiger partial charge in [-0.2, -0.15) is 5.10 Å². The SMILES string of the molecule is CC(C)(C(=O)O)c1ccc(-n2cc(F)cn2)nc1. The Kier molecular flexibility index (Phi) is 2.86. The first-order valence-electron chi connectivity index (χ1n) is 5.32. The number of nitrogens with zero attached hydrogens (tertiary/aromatic N) is 3. The maximum absolute atomic E-state index is 12.8. The minimum Gasteiger partial charge on any atom is -0.481 e. The van der Waals surface area contributed by atoms with E-state index in [1.165, 1.54) is 17.1 Å². The first-order chi connectivity index (χ1) is 8.41. The molecule has 2 aromatic heterocycles. The van der Waals surface area contributed by atoms with Gasteiger partial charge in [-0.15, -0.1) is 0 Å². The zero-order valence-corrected chi connectivity index (χ0v) is 9.96. The quantitative estimate of drug-likeness (QED) is 0.900. The number of hydrogen-bond acceptors (Lipinski definition) is 3. The Balaban J connectivity index is 2.34. The van der Waals surface area contributed by atoms with Crippen LogP contribution in [0.3, 0.4) is 0 Å². The fourth-order valence-corrected chi connectivity index (χ4v) is 1.44. The monoisotopic (exact) mass is 249 g/mol. The lowest BCUT2D eigenvalue weighted by Crippen LogP contribution is -2.28. The molecule has 2 rings (SSSR count). The van der Waals surface area contributed by atoms with E-state index in [0.29, 0.717) is 11.4 Å². The van der Waals surface area contributed by atoms with Crippen molar-refractivity contribution >= 4 is 5.97 Å². The van der Waals surface area contributed by atoms with E-state index in [1.807, 2.05) is 0 Å². The van der Waals surface area contributed by atoms with Crippen molar-refractivity contribution in [1.82, 2.24) is 14.8 Å². The lowest BCUT2D eigenvalue weighted by Gasteiger charge is -2.19. The third kappa shape index (κ3) is 2.09. The zero-order valence-electron chi connectivity index (χ0n) is 9.96. The number of hydrogen-bond donors (Lipinski definition) is 1. The molecule has 0 bridgehead atoms. The maximum atomic E-state index is 12.8. The summed E-state index contributed by atoms with van der Waals surface area (Å²) in [6.45, 7) is 3.19. The zero-order chi connectivity index (χ0) is 13.3. The van der Waals surface area contributed by atoms with Crippen LogP contribution in [0.1, 0.15) is 19.4 Å². The molecular formula is C12H12FN3O2. The maximum Gasteiger partial charge on any atom is 0.313 e. The Morgan fingerprint density at radius 2 is 2.11 bits per heavy atom. The molecule has 94 valence electrons. The van der Waals surface area contributed by atoms with E-state index in [4.69, 9.17) is 5.11 Å². The molecule has 0 fully saturated rings. The summed E-state index contributed by atoms with van der Waals surface area (Å²) in [5.41, 5.74) is -0.438. The molecule has 0 saturated heterocycles. The van der Waals surface area contributed by atoms with Crippen LogP contribution < -0.4 is 0 Å². The number of halogens is 1. The molecule has 0 spiro atoms. The van der Waals surface area contributed by atoms with Gasteiger partial charge in [0.1, 0.15) is 0 Å². The summed E-state index contributed by atoms with van der Waals surface area (Å²) < 4.78 is 14.1. The topological polar surface area (TPSA) is 68.0 Å². The van der Waals surface area contributed by atoms with Crippen LogP contribution in [0.25, 0.3) is 5.82 Å². The highest BCUT2D eigenvalue weighted by atomic mass is 19.1. The number of rotatable bonds is 3. The minimum absolute atomic E-state index is 0.434. The van der Waals surface area contributed by atoms with Crippen LogP contribution in [0, 0.1) is 5.82 Å². The Bertz CT molecular complexity index is 575. The van der Waals surface area contributed by atoms with E-state index in [0.717, 1.165) is 6.20 Å². The van der Waals surface area contributed by atoms with Gasteiger partial charge in [0, 0.05) is 6.20 Å². The third-order valence-corrected chi connectivity index (χ3v) is 2.79. The molecule has 0 unspecified atom stereocenters. The number of carboxylic acids is 1. The Labute approximate surface area is 103 Å². The van der Waals surface area contributed by atoms with E-state index in [1.54, 1.807) is 26.0 Å². The molecule has 0 radical (unpaired) electrons. The summed E-state index contributed by atoms with van der Waals surface area (Å²) in [7, 11) is 0. The van der Waals surface area contributed by atoms with E-state index in [2.05, 4.69) is 10.1 Å². The molecule has 0 aliphatic rings. The lowest BCUT2D eigenvalue weighted by molar-refractivity contribution is -0.142. The fourth-order valence-electron chi connectivity index (χ4n) is 1.44. The first-order valence-corrected chi connectivity index (χ1v) is 5.32. The van der Waals surface area contributed by atoms with Crippen molar-refractivity contribution in [3.63, 3.8) is 0 Å². The fraction of sp³-hybridized carbons (Fsp3) is 0.250. The Morgan fingerprint density at radius 1 is 1.39 bits per heavy atom. The predicted molar refractivity (Wildman–Crippen MR) is 62.0 cm³/mol. The second kappa shape index (κ2) is 4.21. The van der Waals surface area contributed by atoms with Crippen molar-refractivity contribution in [3.8, 4) is 5.82 Å². The van der Waals surface area contributed by atoms with E-state index in [9.17, 15) is 9.18 Å². The molecule has 0 aliphatic carbocycles. The van der Waals surface area contributed by atoms with Crippen LogP contribution in [0.5, 0.6) is 0 Å².